The molecule has 0 saturated heterocycles. The fraction of sp³-hybridized carbons (Fsp3) is 0.394. The van der Waals surface area contributed by atoms with E-state index >= 15 is 0 Å². The van der Waals surface area contributed by atoms with Crippen molar-refractivity contribution in [1.29, 1.82) is 0 Å². The van der Waals surface area contributed by atoms with Crippen LogP contribution in [0.2, 0.25) is 0 Å². The average Bonchev–Trinajstić information content (AvgIpc) is 2.94. The molecule has 1 unspecified atom stereocenters. The summed E-state index contributed by atoms with van der Waals surface area (Å²) in [7, 11) is 0. The Kier molecular flexibility index (Phi) is 14.9. The molecule has 0 spiro atoms. The minimum absolute atomic E-state index is 0. The molecule has 1 atom stereocenters. The number of amidine groups is 1. The Labute approximate surface area is 236 Å². The molecule has 5 heteroatoms. The average molecular weight is 534 g/mol. The summed E-state index contributed by atoms with van der Waals surface area (Å²) >= 11 is 0. The van der Waals surface area contributed by atoms with Crippen molar-refractivity contribution < 1.29 is 4.79 Å². The third kappa shape index (κ3) is 11.1. The van der Waals surface area contributed by atoms with E-state index in [1.165, 1.54) is 38.5 Å². The second-order valence-corrected chi connectivity index (χ2v) is 9.79. The first-order chi connectivity index (χ1) is 18.2. The van der Waals surface area contributed by atoms with E-state index in [0.717, 1.165) is 35.7 Å². The number of aliphatic imine (C=N–C) groups is 1. The third-order valence-corrected chi connectivity index (χ3v) is 6.59. The van der Waals surface area contributed by atoms with Gasteiger partial charge in [0.25, 0.3) is 0 Å². The maximum Gasteiger partial charge on any atom is 0.226 e. The number of hydrogen-bond acceptors (Lipinski definition) is 2. The first-order valence-corrected chi connectivity index (χ1v) is 14.0. The van der Waals surface area contributed by atoms with Crippen LogP contribution in [-0.4, -0.2) is 18.3 Å². The fourth-order valence-electron chi connectivity index (χ4n) is 4.44. The summed E-state index contributed by atoms with van der Waals surface area (Å²) in [4.78, 5) is 20.3. The molecule has 0 heterocycles. The van der Waals surface area contributed by atoms with Gasteiger partial charge in [-0.2, -0.15) is 0 Å². The van der Waals surface area contributed by atoms with Crippen LogP contribution in [0.3, 0.4) is 0 Å². The largest absolute Gasteiger partial charge is 0.343 e. The summed E-state index contributed by atoms with van der Waals surface area (Å²) < 4.78 is 0. The van der Waals surface area contributed by atoms with Crippen LogP contribution < -0.4 is 10.2 Å². The molecule has 0 aromatic heterocycles. The highest BCUT2D eigenvalue weighted by molar-refractivity contribution is 6.00. The lowest BCUT2D eigenvalue weighted by Gasteiger charge is -2.27. The van der Waals surface area contributed by atoms with Crippen molar-refractivity contribution in [2.75, 3.05) is 16.8 Å². The fourth-order valence-corrected chi connectivity index (χ4v) is 4.44. The first-order valence-electron chi connectivity index (χ1n) is 14.0. The SMILES string of the molecule is CCCCCCCCCCC(=O)N(CC(C)C(=Nc1ccccc1)Nc1ccccc1)c1ccccc1.Cl. The van der Waals surface area contributed by atoms with E-state index in [1.807, 2.05) is 95.9 Å². The molecular formula is C33H44ClN3O. The summed E-state index contributed by atoms with van der Waals surface area (Å²) in [5.74, 6) is 1.03. The maximum atomic E-state index is 13.5. The molecule has 0 bridgehead atoms. The second-order valence-electron chi connectivity index (χ2n) is 9.79. The highest BCUT2D eigenvalue weighted by Crippen LogP contribution is 2.21. The lowest BCUT2D eigenvalue weighted by Crippen LogP contribution is -2.38. The Balaban J connectivity index is 0.00000507. The monoisotopic (exact) mass is 533 g/mol. The van der Waals surface area contributed by atoms with Gasteiger partial charge in [-0.1, -0.05) is 113 Å². The van der Waals surface area contributed by atoms with Gasteiger partial charge in [-0.3, -0.25) is 4.79 Å². The number of halogens is 1. The number of rotatable bonds is 15. The molecular weight excluding hydrogens is 490 g/mol. The van der Waals surface area contributed by atoms with Crippen LogP contribution in [0, 0.1) is 5.92 Å². The number of nitrogens with one attached hydrogen (secondary N) is 1. The lowest BCUT2D eigenvalue weighted by molar-refractivity contribution is -0.118. The van der Waals surface area contributed by atoms with Crippen molar-refractivity contribution in [1.82, 2.24) is 0 Å². The van der Waals surface area contributed by atoms with E-state index in [-0.39, 0.29) is 24.2 Å². The molecule has 3 aromatic carbocycles. The van der Waals surface area contributed by atoms with E-state index in [2.05, 4.69) is 19.2 Å². The predicted molar refractivity (Wildman–Crippen MR) is 166 cm³/mol. The van der Waals surface area contributed by atoms with Crippen LogP contribution in [0.4, 0.5) is 17.1 Å². The smallest absolute Gasteiger partial charge is 0.226 e. The number of amides is 1. The van der Waals surface area contributed by atoms with Crippen molar-refractivity contribution >= 4 is 41.2 Å². The highest BCUT2D eigenvalue weighted by atomic mass is 35.5. The van der Waals surface area contributed by atoms with Crippen molar-refractivity contribution in [3.63, 3.8) is 0 Å². The highest BCUT2D eigenvalue weighted by Gasteiger charge is 2.21. The van der Waals surface area contributed by atoms with Gasteiger partial charge < -0.3 is 10.2 Å². The van der Waals surface area contributed by atoms with Crippen molar-refractivity contribution in [3.05, 3.63) is 91.0 Å². The molecule has 0 saturated carbocycles. The Hall–Kier alpha value is -3.11. The topological polar surface area (TPSA) is 44.7 Å². The molecule has 38 heavy (non-hydrogen) atoms. The van der Waals surface area contributed by atoms with Gasteiger partial charge in [0.05, 0.1) is 5.69 Å². The van der Waals surface area contributed by atoms with Gasteiger partial charge in [-0.25, -0.2) is 4.99 Å². The molecule has 204 valence electrons. The number of anilines is 2. The van der Waals surface area contributed by atoms with E-state index in [4.69, 9.17) is 4.99 Å². The Morgan fingerprint density at radius 2 is 1.29 bits per heavy atom. The summed E-state index contributed by atoms with van der Waals surface area (Å²) in [5, 5.41) is 3.52. The zero-order chi connectivity index (χ0) is 26.1. The summed E-state index contributed by atoms with van der Waals surface area (Å²) in [6.07, 6.45) is 10.4. The second kappa shape index (κ2) is 18.2. The van der Waals surface area contributed by atoms with Crippen LogP contribution in [0.5, 0.6) is 0 Å². The van der Waals surface area contributed by atoms with Crippen molar-refractivity contribution in [3.8, 4) is 0 Å². The summed E-state index contributed by atoms with van der Waals surface area (Å²) in [6, 6.07) is 30.1. The molecule has 1 N–H and O–H groups in total. The minimum atomic E-state index is 0. The first kappa shape index (κ1) is 31.1. The van der Waals surface area contributed by atoms with Gasteiger partial charge in [-0.15, -0.1) is 12.4 Å². The van der Waals surface area contributed by atoms with Gasteiger partial charge in [-0.05, 0) is 42.8 Å². The van der Waals surface area contributed by atoms with Crippen LogP contribution in [0.25, 0.3) is 0 Å². The quantitative estimate of drug-likeness (QED) is 0.120. The Morgan fingerprint density at radius 1 is 0.763 bits per heavy atom. The van der Waals surface area contributed by atoms with E-state index in [9.17, 15) is 4.79 Å². The van der Waals surface area contributed by atoms with Gasteiger partial charge in [0.2, 0.25) is 5.91 Å². The molecule has 0 aliphatic heterocycles. The molecule has 3 aromatic rings. The third-order valence-electron chi connectivity index (χ3n) is 6.59. The maximum absolute atomic E-state index is 13.5. The number of carbonyl (C=O) groups is 1. The number of hydrogen-bond donors (Lipinski definition) is 1. The molecule has 0 fully saturated rings. The minimum Gasteiger partial charge on any atom is -0.343 e. The Bertz CT molecular complexity index is 1060. The number of nitrogens with zero attached hydrogens (tertiary/aromatic N) is 2. The van der Waals surface area contributed by atoms with Gasteiger partial charge >= 0.3 is 0 Å². The number of para-hydroxylation sites is 3. The molecule has 4 nitrogen and oxygen atoms in total. The predicted octanol–water partition coefficient (Wildman–Crippen LogP) is 9.45. The van der Waals surface area contributed by atoms with Crippen LogP contribution >= 0.6 is 12.4 Å². The number of carbonyl (C=O) groups excluding carboxylic acids is 1. The Morgan fingerprint density at radius 3 is 1.89 bits per heavy atom. The molecule has 0 radical (unpaired) electrons. The number of unbranched alkanes of at least 4 members (excludes halogenated alkanes) is 7. The van der Waals surface area contributed by atoms with Crippen LogP contribution in [0.15, 0.2) is 96.0 Å². The zero-order valence-corrected chi connectivity index (χ0v) is 23.8. The normalized spacial score (nSPS) is 11.9. The van der Waals surface area contributed by atoms with Crippen molar-refractivity contribution in [2.45, 2.75) is 71.6 Å². The van der Waals surface area contributed by atoms with Crippen LogP contribution in [-0.2, 0) is 4.79 Å². The summed E-state index contributed by atoms with van der Waals surface area (Å²) in [6.45, 7) is 4.95. The zero-order valence-electron chi connectivity index (χ0n) is 23.0. The molecule has 0 aliphatic rings. The van der Waals surface area contributed by atoms with Crippen LogP contribution in [0.1, 0.15) is 71.6 Å². The molecule has 1 amide bonds. The van der Waals surface area contributed by atoms with E-state index in [0.29, 0.717) is 13.0 Å². The molecule has 3 rings (SSSR count). The molecule has 0 aliphatic carbocycles. The van der Waals surface area contributed by atoms with E-state index < -0.39 is 0 Å². The summed E-state index contributed by atoms with van der Waals surface area (Å²) in [5.41, 5.74) is 2.82. The standard InChI is InChI=1S/C33H43N3O.ClH/c1-3-4-5-6-7-8-9-19-26-32(37)36(31-24-17-12-18-25-31)27-28(2)33(34-29-20-13-10-14-21-29)35-30-22-15-11-16-23-30;/h10-18,20-25,28H,3-9,19,26-27H2,1-2H3,(H,34,35);1H. The lowest BCUT2D eigenvalue weighted by atomic mass is 10.1. The number of benzene rings is 3. The van der Waals surface area contributed by atoms with Gasteiger partial charge in [0, 0.05) is 30.3 Å². The van der Waals surface area contributed by atoms with E-state index in [1.54, 1.807) is 0 Å². The van der Waals surface area contributed by atoms with Gasteiger partial charge in [0.1, 0.15) is 5.84 Å². The van der Waals surface area contributed by atoms with Gasteiger partial charge in [0.15, 0.2) is 0 Å². The van der Waals surface area contributed by atoms with Crippen molar-refractivity contribution in [2.24, 2.45) is 10.9 Å².